The number of carbonyl (C=O) groups is 1. The van der Waals surface area contributed by atoms with E-state index in [1.807, 2.05) is 6.92 Å². The van der Waals surface area contributed by atoms with Crippen LogP contribution in [-0.4, -0.2) is 15.7 Å². The molecular formula is C16H19N3O. The minimum Gasteiger partial charge on any atom is -0.382 e. The molecule has 4 nitrogen and oxygen atoms in total. The molecule has 1 aliphatic carbocycles. The third-order valence-corrected chi connectivity index (χ3v) is 3.98. The van der Waals surface area contributed by atoms with Gasteiger partial charge in [-0.3, -0.25) is 4.79 Å². The molecule has 104 valence electrons. The number of rotatable bonds is 3. The van der Waals surface area contributed by atoms with E-state index in [-0.39, 0.29) is 5.91 Å². The summed E-state index contributed by atoms with van der Waals surface area (Å²) in [7, 11) is 0. The summed E-state index contributed by atoms with van der Waals surface area (Å²) in [5.41, 5.74) is 10.3. The van der Waals surface area contributed by atoms with Crippen LogP contribution in [0.15, 0.2) is 24.3 Å². The zero-order chi connectivity index (χ0) is 14.3. The molecule has 0 saturated heterocycles. The molecule has 1 aromatic carbocycles. The van der Waals surface area contributed by atoms with Crippen molar-refractivity contribution in [1.29, 1.82) is 0 Å². The van der Waals surface area contributed by atoms with Gasteiger partial charge in [-0.25, -0.2) is 4.68 Å². The Hall–Kier alpha value is -2.10. The van der Waals surface area contributed by atoms with E-state index in [2.05, 4.69) is 29.4 Å². The molecule has 4 heteroatoms. The first-order valence-electron chi connectivity index (χ1n) is 7.00. The van der Waals surface area contributed by atoms with E-state index in [9.17, 15) is 4.79 Å². The molecule has 0 spiro atoms. The third-order valence-electron chi connectivity index (χ3n) is 3.98. The molecule has 1 aliphatic rings. The number of aromatic nitrogens is 2. The molecule has 1 saturated carbocycles. The first kappa shape index (κ1) is 12.9. The lowest BCUT2D eigenvalue weighted by Gasteiger charge is -2.04. The van der Waals surface area contributed by atoms with Gasteiger partial charge in [0.1, 0.15) is 5.82 Å². The number of benzene rings is 1. The Labute approximate surface area is 118 Å². The van der Waals surface area contributed by atoms with Crippen LogP contribution in [0.25, 0.3) is 0 Å². The van der Waals surface area contributed by atoms with Crippen LogP contribution in [0.1, 0.15) is 52.9 Å². The van der Waals surface area contributed by atoms with Crippen LogP contribution in [0.4, 0.5) is 5.82 Å². The second kappa shape index (κ2) is 4.78. The monoisotopic (exact) mass is 269 g/mol. The molecule has 0 amide bonds. The zero-order valence-corrected chi connectivity index (χ0v) is 11.9. The molecule has 0 radical (unpaired) electrons. The van der Waals surface area contributed by atoms with Gasteiger partial charge in [0, 0.05) is 24.6 Å². The Bertz CT molecular complexity index is 651. The number of anilines is 1. The molecule has 3 rings (SSSR count). The fourth-order valence-electron chi connectivity index (χ4n) is 2.61. The van der Waals surface area contributed by atoms with Crippen molar-refractivity contribution >= 4 is 11.7 Å². The van der Waals surface area contributed by atoms with Crippen molar-refractivity contribution in [2.45, 2.75) is 39.0 Å². The van der Waals surface area contributed by atoms with Gasteiger partial charge in [0.05, 0.1) is 0 Å². The van der Waals surface area contributed by atoms with Crippen LogP contribution in [0.2, 0.25) is 0 Å². The van der Waals surface area contributed by atoms with E-state index < -0.39 is 0 Å². The largest absolute Gasteiger partial charge is 0.382 e. The van der Waals surface area contributed by atoms with E-state index in [0.717, 1.165) is 23.6 Å². The van der Waals surface area contributed by atoms with Crippen molar-refractivity contribution in [2.24, 2.45) is 0 Å². The van der Waals surface area contributed by atoms with Crippen LogP contribution in [-0.2, 0) is 6.42 Å². The Balaban J connectivity index is 1.85. The zero-order valence-electron chi connectivity index (χ0n) is 11.9. The van der Waals surface area contributed by atoms with E-state index in [4.69, 9.17) is 5.73 Å². The average molecular weight is 269 g/mol. The molecule has 2 N–H and O–H groups in total. The molecule has 0 bridgehead atoms. The molecule has 1 aromatic heterocycles. The van der Waals surface area contributed by atoms with Gasteiger partial charge < -0.3 is 5.73 Å². The maximum atomic E-state index is 11.5. The van der Waals surface area contributed by atoms with Crippen molar-refractivity contribution in [3.8, 4) is 0 Å². The first-order chi connectivity index (χ1) is 9.56. The van der Waals surface area contributed by atoms with Gasteiger partial charge in [0.2, 0.25) is 5.91 Å². The summed E-state index contributed by atoms with van der Waals surface area (Å²) in [6, 6.07) is 8.71. The molecular weight excluding hydrogens is 250 g/mol. The summed E-state index contributed by atoms with van der Waals surface area (Å²) in [6.45, 7) is 3.38. The van der Waals surface area contributed by atoms with Gasteiger partial charge in [-0.2, -0.15) is 0 Å². The predicted octanol–water partition coefficient (Wildman–Crippen LogP) is 2.90. The normalized spacial score (nSPS) is 14.5. The highest BCUT2D eigenvalue weighted by molar-refractivity contribution is 5.77. The summed E-state index contributed by atoms with van der Waals surface area (Å²) in [5.74, 6) is 1.12. The molecule has 20 heavy (non-hydrogen) atoms. The minimum absolute atomic E-state index is 0.107. The van der Waals surface area contributed by atoms with Crippen molar-refractivity contribution in [2.75, 3.05) is 5.73 Å². The highest BCUT2D eigenvalue weighted by atomic mass is 16.2. The maximum Gasteiger partial charge on any atom is 0.244 e. The number of carbonyl (C=O) groups excluding carboxylic acids is 1. The fraction of sp³-hybridized carbons (Fsp3) is 0.375. The molecule has 0 aliphatic heterocycles. The van der Waals surface area contributed by atoms with Gasteiger partial charge in [-0.1, -0.05) is 24.3 Å². The van der Waals surface area contributed by atoms with E-state index in [1.54, 1.807) is 0 Å². The number of nitrogens with zero attached hydrogens (tertiary/aromatic N) is 2. The Morgan fingerprint density at radius 1 is 1.35 bits per heavy atom. The van der Waals surface area contributed by atoms with Gasteiger partial charge >= 0.3 is 0 Å². The summed E-state index contributed by atoms with van der Waals surface area (Å²) >= 11 is 0. The van der Waals surface area contributed by atoms with Gasteiger partial charge in [-0.15, -0.1) is 5.10 Å². The second-order valence-corrected chi connectivity index (χ2v) is 5.57. The summed E-state index contributed by atoms with van der Waals surface area (Å²) < 4.78 is 1.38. The van der Waals surface area contributed by atoms with Crippen LogP contribution >= 0.6 is 0 Å². The quantitative estimate of drug-likeness (QED) is 0.932. The smallest absolute Gasteiger partial charge is 0.244 e. The third kappa shape index (κ3) is 2.33. The number of hydrogen-bond donors (Lipinski definition) is 1. The number of nitrogen functional groups attached to an aromatic ring is 1. The molecule has 2 aromatic rings. The first-order valence-corrected chi connectivity index (χ1v) is 7.00. The summed E-state index contributed by atoms with van der Waals surface area (Å²) in [5, 5.41) is 4.11. The number of hydrogen-bond acceptors (Lipinski definition) is 3. The standard InChI is InChI=1S/C16H19N3O/c1-10-15(16(17)18-19(10)11(2)20)9-12-3-5-13(6-4-12)14-7-8-14/h3-6,14H,7-9H2,1-2H3,(H2,17,18). The Morgan fingerprint density at radius 2 is 2.00 bits per heavy atom. The minimum atomic E-state index is -0.107. The van der Waals surface area contributed by atoms with Crippen LogP contribution in [0.3, 0.4) is 0 Å². The number of nitrogens with two attached hydrogens (primary N) is 1. The average Bonchev–Trinajstić information content (AvgIpc) is 3.22. The maximum absolute atomic E-state index is 11.5. The summed E-state index contributed by atoms with van der Waals surface area (Å²) in [4.78, 5) is 11.5. The van der Waals surface area contributed by atoms with Crippen molar-refractivity contribution < 1.29 is 4.79 Å². The summed E-state index contributed by atoms with van der Waals surface area (Å²) in [6.07, 6.45) is 3.35. The van der Waals surface area contributed by atoms with Crippen molar-refractivity contribution in [3.63, 3.8) is 0 Å². The molecule has 1 heterocycles. The highest BCUT2D eigenvalue weighted by Gasteiger charge is 2.23. The van der Waals surface area contributed by atoms with Gasteiger partial charge in [0.15, 0.2) is 0 Å². The topological polar surface area (TPSA) is 60.9 Å². The lowest BCUT2D eigenvalue weighted by Crippen LogP contribution is -2.09. The van der Waals surface area contributed by atoms with E-state index >= 15 is 0 Å². The Kier molecular flexibility index (Phi) is 3.08. The lowest BCUT2D eigenvalue weighted by molar-refractivity contribution is 0.0919. The van der Waals surface area contributed by atoms with E-state index in [1.165, 1.54) is 35.6 Å². The van der Waals surface area contributed by atoms with Crippen molar-refractivity contribution in [1.82, 2.24) is 9.78 Å². The van der Waals surface area contributed by atoms with Crippen LogP contribution < -0.4 is 5.73 Å². The second-order valence-electron chi connectivity index (χ2n) is 5.57. The molecule has 0 unspecified atom stereocenters. The fourth-order valence-corrected chi connectivity index (χ4v) is 2.61. The van der Waals surface area contributed by atoms with Crippen LogP contribution in [0, 0.1) is 6.92 Å². The van der Waals surface area contributed by atoms with Crippen LogP contribution in [0.5, 0.6) is 0 Å². The lowest BCUT2D eigenvalue weighted by atomic mass is 10.0. The predicted molar refractivity (Wildman–Crippen MR) is 78.9 cm³/mol. The molecule has 1 fully saturated rings. The SMILES string of the molecule is CC(=O)n1nc(N)c(Cc2ccc(C3CC3)cc2)c1C. The van der Waals surface area contributed by atoms with E-state index in [0.29, 0.717) is 5.82 Å². The molecule has 0 atom stereocenters. The van der Waals surface area contributed by atoms with Gasteiger partial charge in [0.25, 0.3) is 0 Å². The Morgan fingerprint density at radius 3 is 2.50 bits per heavy atom. The van der Waals surface area contributed by atoms with Crippen molar-refractivity contribution in [3.05, 3.63) is 46.6 Å². The highest BCUT2D eigenvalue weighted by Crippen LogP contribution is 2.40. The van der Waals surface area contributed by atoms with Gasteiger partial charge in [-0.05, 0) is 36.8 Å².